The van der Waals surface area contributed by atoms with E-state index in [1.807, 2.05) is 64.1 Å². The molecule has 7 nitrogen and oxygen atoms in total. The molecule has 0 bridgehead atoms. The first kappa shape index (κ1) is 27.3. The summed E-state index contributed by atoms with van der Waals surface area (Å²) in [6, 6.07) is 7.10. The van der Waals surface area contributed by atoms with Crippen LogP contribution in [0, 0.1) is 0 Å². The molecule has 1 amide bonds. The highest BCUT2D eigenvalue weighted by atomic mass is 16.7. The number of carbonyl (C=O) groups excluding carboxylic acids is 2. The van der Waals surface area contributed by atoms with Gasteiger partial charge in [-0.1, -0.05) is 36.4 Å². The van der Waals surface area contributed by atoms with Crippen LogP contribution in [0.15, 0.2) is 30.3 Å². The Bertz CT molecular complexity index is 897. The van der Waals surface area contributed by atoms with Crippen molar-refractivity contribution < 1.29 is 28.4 Å². The van der Waals surface area contributed by atoms with Crippen LogP contribution in [0.2, 0.25) is 0 Å². The fourth-order valence-electron chi connectivity index (χ4n) is 4.00. The lowest BCUT2D eigenvalue weighted by Gasteiger charge is -2.32. The Morgan fingerprint density at radius 1 is 1.09 bits per heavy atom. The van der Waals surface area contributed by atoms with Gasteiger partial charge in [-0.05, 0) is 91.6 Å². The van der Waals surface area contributed by atoms with Crippen molar-refractivity contribution in [3.8, 4) is 0 Å². The van der Waals surface area contributed by atoms with Crippen molar-refractivity contribution in [2.45, 2.75) is 110 Å². The summed E-state index contributed by atoms with van der Waals surface area (Å²) in [5, 5.41) is 2.68. The molecule has 1 aromatic carbocycles. The van der Waals surface area contributed by atoms with Gasteiger partial charge in [-0.3, -0.25) is 0 Å². The highest BCUT2D eigenvalue weighted by Gasteiger charge is 2.51. The molecule has 1 aromatic rings. The first-order chi connectivity index (χ1) is 16.3. The third-order valence-electron chi connectivity index (χ3n) is 6.70. The number of rotatable bonds is 7. The van der Waals surface area contributed by atoms with E-state index in [-0.39, 0.29) is 17.3 Å². The van der Waals surface area contributed by atoms with Crippen LogP contribution in [0.25, 0.3) is 6.08 Å². The van der Waals surface area contributed by atoms with Crippen LogP contribution in [0.3, 0.4) is 0 Å². The van der Waals surface area contributed by atoms with E-state index >= 15 is 0 Å². The summed E-state index contributed by atoms with van der Waals surface area (Å²) in [5.41, 5.74) is 0.480. The molecule has 1 aliphatic carbocycles. The molecule has 2 aliphatic rings. The number of ether oxygens (including phenoxy) is 2. The summed E-state index contributed by atoms with van der Waals surface area (Å²) in [5.74, 6) is -0.427. The maximum atomic E-state index is 12.8. The van der Waals surface area contributed by atoms with E-state index < -0.39 is 30.8 Å². The van der Waals surface area contributed by atoms with Crippen molar-refractivity contribution in [1.82, 2.24) is 5.32 Å². The molecule has 2 fully saturated rings. The molecule has 1 N–H and O–H groups in total. The van der Waals surface area contributed by atoms with Crippen LogP contribution in [0.4, 0.5) is 4.79 Å². The molecule has 1 heterocycles. The van der Waals surface area contributed by atoms with Crippen LogP contribution in [-0.4, -0.2) is 48.1 Å². The van der Waals surface area contributed by atoms with Crippen molar-refractivity contribution in [3.63, 3.8) is 0 Å². The number of alkyl carbamates (subject to hydrolysis) is 1. The summed E-state index contributed by atoms with van der Waals surface area (Å²) in [6.07, 6.45) is 7.23. The predicted octanol–water partition coefficient (Wildman–Crippen LogP) is 4.77. The zero-order chi connectivity index (χ0) is 25.9. The Morgan fingerprint density at radius 3 is 2.20 bits per heavy atom. The molecule has 0 spiro atoms. The molecular weight excluding hydrogens is 445 g/mol. The number of nitrogens with one attached hydrogen (secondary N) is 1. The normalized spacial score (nSPS) is 20.7. The number of esters is 1. The Kier molecular flexibility index (Phi) is 8.38. The Balaban J connectivity index is 1.62. The summed E-state index contributed by atoms with van der Waals surface area (Å²) in [6.45, 7) is 13.5. The van der Waals surface area contributed by atoms with Gasteiger partial charge >= 0.3 is 19.2 Å². The van der Waals surface area contributed by atoms with Crippen LogP contribution in [0.1, 0.15) is 86.1 Å². The number of hydrogen-bond acceptors (Lipinski definition) is 6. The van der Waals surface area contributed by atoms with Gasteiger partial charge in [0.15, 0.2) is 0 Å². The van der Waals surface area contributed by atoms with E-state index in [0.29, 0.717) is 6.42 Å². The molecule has 0 radical (unpaired) electrons. The van der Waals surface area contributed by atoms with Gasteiger partial charge in [-0.2, -0.15) is 0 Å². The van der Waals surface area contributed by atoms with Gasteiger partial charge < -0.3 is 24.1 Å². The maximum absolute atomic E-state index is 12.8. The molecule has 1 saturated heterocycles. The van der Waals surface area contributed by atoms with E-state index in [1.165, 1.54) is 0 Å². The number of carbonyl (C=O) groups is 2. The minimum atomic E-state index is -0.814. The molecule has 1 aliphatic heterocycles. The lowest BCUT2D eigenvalue weighted by molar-refractivity contribution is -0.151. The van der Waals surface area contributed by atoms with E-state index in [1.54, 1.807) is 20.8 Å². The van der Waals surface area contributed by atoms with Crippen LogP contribution in [-0.2, 0) is 23.6 Å². The number of amides is 1. The summed E-state index contributed by atoms with van der Waals surface area (Å²) >= 11 is 0. The average molecular weight is 485 g/mol. The van der Waals surface area contributed by atoms with Gasteiger partial charge in [0.25, 0.3) is 0 Å². The molecule has 8 heteroatoms. The average Bonchev–Trinajstić information content (AvgIpc) is 3.31. The van der Waals surface area contributed by atoms with Gasteiger partial charge in [0.05, 0.1) is 11.2 Å². The molecule has 1 saturated carbocycles. The third-order valence-corrected chi connectivity index (χ3v) is 6.70. The molecule has 35 heavy (non-hydrogen) atoms. The number of benzene rings is 1. The SMILES string of the molecule is CC(C)(C)OC(=O)NC(C/C=C/c1ccc(B2OC(C)(C)C(C)(C)O2)cc1)C(=O)OC1CCCC1. The van der Waals surface area contributed by atoms with Crippen LogP contribution < -0.4 is 10.8 Å². The van der Waals surface area contributed by atoms with Crippen molar-refractivity contribution in [3.05, 3.63) is 35.9 Å². The van der Waals surface area contributed by atoms with Crippen LogP contribution in [0.5, 0.6) is 0 Å². The third kappa shape index (κ3) is 7.58. The first-order valence-electron chi connectivity index (χ1n) is 12.6. The molecule has 192 valence electrons. The van der Waals surface area contributed by atoms with Crippen molar-refractivity contribution in [1.29, 1.82) is 0 Å². The second kappa shape index (κ2) is 10.7. The summed E-state index contributed by atoms with van der Waals surface area (Å²) in [7, 11) is -0.411. The van der Waals surface area contributed by atoms with E-state index in [4.69, 9.17) is 18.8 Å². The predicted molar refractivity (Wildman–Crippen MR) is 137 cm³/mol. The lowest BCUT2D eigenvalue weighted by Crippen LogP contribution is -2.44. The minimum absolute atomic E-state index is 0.0723. The maximum Gasteiger partial charge on any atom is 0.494 e. The Morgan fingerprint density at radius 2 is 1.66 bits per heavy atom. The lowest BCUT2D eigenvalue weighted by atomic mass is 9.79. The Hall–Kier alpha value is -2.32. The van der Waals surface area contributed by atoms with Gasteiger partial charge in [0.1, 0.15) is 17.7 Å². The monoisotopic (exact) mass is 485 g/mol. The smallest absolute Gasteiger partial charge is 0.461 e. The minimum Gasteiger partial charge on any atom is -0.461 e. The quantitative estimate of drug-likeness (QED) is 0.443. The van der Waals surface area contributed by atoms with Gasteiger partial charge in [-0.15, -0.1) is 0 Å². The van der Waals surface area contributed by atoms with Crippen molar-refractivity contribution in [2.24, 2.45) is 0 Å². The largest absolute Gasteiger partial charge is 0.494 e. The van der Waals surface area contributed by atoms with E-state index in [0.717, 1.165) is 36.7 Å². The standard InChI is InChI=1S/C27H40BNO6/c1-25(2,3)33-24(31)29-22(23(30)32-21-12-8-9-13-21)14-10-11-19-15-17-20(18-16-19)28-34-26(4,5)27(6,7)35-28/h10-11,15-18,21-22H,8-9,12-14H2,1-7H3,(H,29,31)/b11-10+. The van der Waals surface area contributed by atoms with Crippen LogP contribution >= 0.6 is 0 Å². The summed E-state index contributed by atoms with van der Waals surface area (Å²) < 4.78 is 23.2. The first-order valence-corrected chi connectivity index (χ1v) is 12.6. The molecule has 3 rings (SSSR count). The molecule has 1 atom stereocenters. The fraction of sp³-hybridized carbons (Fsp3) is 0.630. The van der Waals surface area contributed by atoms with Crippen molar-refractivity contribution >= 4 is 30.7 Å². The topological polar surface area (TPSA) is 83.1 Å². The zero-order valence-corrected chi connectivity index (χ0v) is 22.2. The number of hydrogen-bond donors (Lipinski definition) is 1. The van der Waals surface area contributed by atoms with Gasteiger partial charge in [0, 0.05) is 0 Å². The van der Waals surface area contributed by atoms with Gasteiger partial charge in [0.2, 0.25) is 0 Å². The van der Waals surface area contributed by atoms with Crippen molar-refractivity contribution in [2.75, 3.05) is 0 Å². The van der Waals surface area contributed by atoms with E-state index in [2.05, 4.69) is 5.32 Å². The van der Waals surface area contributed by atoms with Gasteiger partial charge in [-0.25, -0.2) is 9.59 Å². The second-order valence-electron chi connectivity index (χ2n) is 11.4. The zero-order valence-electron chi connectivity index (χ0n) is 22.2. The molecule has 1 unspecified atom stereocenters. The Labute approximate surface area is 210 Å². The fourth-order valence-corrected chi connectivity index (χ4v) is 4.00. The summed E-state index contributed by atoms with van der Waals surface area (Å²) in [4.78, 5) is 25.1. The highest BCUT2D eigenvalue weighted by Crippen LogP contribution is 2.36. The van der Waals surface area contributed by atoms with E-state index in [9.17, 15) is 9.59 Å². The second-order valence-corrected chi connectivity index (χ2v) is 11.4. The molecule has 0 aromatic heterocycles. The molecular formula is C27H40BNO6. The highest BCUT2D eigenvalue weighted by molar-refractivity contribution is 6.62.